The van der Waals surface area contributed by atoms with Crippen molar-refractivity contribution in [2.75, 3.05) is 13.6 Å². The third-order valence-electron chi connectivity index (χ3n) is 2.41. The molecule has 0 N–H and O–H groups in total. The van der Waals surface area contributed by atoms with E-state index >= 15 is 0 Å². The van der Waals surface area contributed by atoms with E-state index in [2.05, 4.69) is 11.5 Å². The molecule has 0 bridgehead atoms. The number of hydrogen-bond donors (Lipinski definition) is 0. The summed E-state index contributed by atoms with van der Waals surface area (Å²) in [6, 6.07) is 0. The molecule has 1 aliphatic heterocycles. The number of hydrogen-bond acceptors (Lipinski definition) is 3. The molecule has 3 nitrogen and oxygen atoms in total. The van der Waals surface area contributed by atoms with Crippen molar-refractivity contribution in [3.63, 3.8) is 0 Å². The van der Waals surface area contributed by atoms with E-state index in [-0.39, 0.29) is 12.2 Å². The average molecular weight is 183 g/mol. The van der Waals surface area contributed by atoms with Gasteiger partial charge in [-0.05, 0) is 26.3 Å². The molecule has 0 aliphatic carbocycles. The number of carbonyl (C=O) groups is 1. The van der Waals surface area contributed by atoms with E-state index in [1.165, 1.54) is 0 Å². The minimum Gasteiger partial charge on any atom is -0.443 e. The van der Waals surface area contributed by atoms with E-state index in [1.807, 2.05) is 14.0 Å². The van der Waals surface area contributed by atoms with Crippen LogP contribution in [0.3, 0.4) is 0 Å². The van der Waals surface area contributed by atoms with Gasteiger partial charge in [-0.25, -0.2) is 4.79 Å². The van der Waals surface area contributed by atoms with Crippen LogP contribution in [0, 0.1) is 0 Å². The van der Waals surface area contributed by atoms with Crippen LogP contribution in [-0.2, 0) is 9.53 Å². The maximum Gasteiger partial charge on any atom is 0.334 e. The van der Waals surface area contributed by atoms with Crippen molar-refractivity contribution < 1.29 is 9.53 Å². The lowest BCUT2D eigenvalue weighted by Gasteiger charge is -2.19. The first-order valence-electron chi connectivity index (χ1n) is 4.74. The van der Waals surface area contributed by atoms with E-state index in [0.717, 1.165) is 19.4 Å². The van der Waals surface area contributed by atoms with Gasteiger partial charge in [-0.1, -0.05) is 13.5 Å². The van der Waals surface area contributed by atoms with Crippen molar-refractivity contribution in [3.8, 4) is 0 Å². The van der Waals surface area contributed by atoms with Crippen LogP contribution >= 0.6 is 0 Å². The zero-order valence-corrected chi connectivity index (χ0v) is 8.38. The molecule has 1 atom stereocenters. The lowest BCUT2D eigenvalue weighted by molar-refractivity contribution is -0.150. The lowest BCUT2D eigenvalue weighted by Crippen LogP contribution is -2.30. The molecule has 1 rings (SSSR count). The molecule has 3 heteroatoms. The molecule has 1 aliphatic rings. The SMILES string of the molecule is C=C(CC)C(=O)O[C@@H]1CCCN1C. The third kappa shape index (κ3) is 2.56. The van der Waals surface area contributed by atoms with Gasteiger partial charge in [-0.15, -0.1) is 0 Å². The fraction of sp³-hybridized carbons (Fsp3) is 0.700. The summed E-state index contributed by atoms with van der Waals surface area (Å²) >= 11 is 0. The van der Waals surface area contributed by atoms with E-state index in [4.69, 9.17) is 4.74 Å². The normalized spacial score (nSPS) is 23.1. The molecule has 74 valence electrons. The Hall–Kier alpha value is -0.830. The Labute approximate surface area is 79.4 Å². The number of likely N-dealkylation sites (tertiary alicyclic amines) is 1. The van der Waals surface area contributed by atoms with Gasteiger partial charge in [0, 0.05) is 12.1 Å². The summed E-state index contributed by atoms with van der Waals surface area (Å²) in [5.74, 6) is -0.249. The Morgan fingerprint density at radius 2 is 2.38 bits per heavy atom. The van der Waals surface area contributed by atoms with Gasteiger partial charge in [0.1, 0.15) is 0 Å². The van der Waals surface area contributed by atoms with Gasteiger partial charge in [0.05, 0.1) is 0 Å². The fourth-order valence-electron chi connectivity index (χ4n) is 1.38. The smallest absolute Gasteiger partial charge is 0.334 e. The molecule has 1 heterocycles. The van der Waals surface area contributed by atoms with Crippen LogP contribution in [-0.4, -0.2) is 30.7 Å². The Morgan fingerprint density at radius 1 is 1.69 bits per heavy atom. The first-order valence-corrected chi connectivity index (χ1v) is 4.74. The second-order valence-corrected chi connectivity index (χ2v) is 3.44. The van der Waals surface area contributed by atoms with Crippen LogP contribution in [0.15, 0.2) is 12.2 Å². The minimum absolute atomic E-state index is 0.0317. The highest BCUT2D eigenvalue weighted by Gasteiger charge is 2.24. The highest BCUT2D eigenvalue weighted by atomic mass is 16.6. The third-order valence-corrected chi connectivity index (χ3v) is 2.41. The molecule has 0 spiro atoms. The zero-order chi connectivity index (χ0) is 9.84. The summed E-state index contributed by atoms with van der Waals surface area (Å²) in [5, 5.41) is 0. The molecule has 0 aromatic heterocycles. The summed E-state index contributed by atoms with van der Waals surface area (Å²) in [4.78, 5) is 13.4. The number of esters is 1. The number of ether oxygens (including phenoxy) is 1. The number of rotatable bonds is 3. The van der Waals surface area contributed by atoms with Crippen molar-refractivity contribution in [2.24, 2.45) is 0 Å². The second kappa shape index (κ2) is 4.42. The van der Waals surface area contributed by atoms with Gasteiger partial charge in [0.2, 0.25) is 0 Å². The van der Waals surface area contributed by atoms with E-state index in [0.29, 0.717) is 12.0 Å². The van der Waals surface area contributed by atoms with Crippen molar-refractivity contribution in [2.45, 2.75) is 32.4 Å². The quantitative estimate of drug-likeness (QED) is 0.491. The van der Waals surface area contributed by atoms with Gasteiger partial charge in [-0.3, -0.25) is 4.90 Å². The molecule has 1 saturated heterocycles. The molecular weight excluding hydrogens is 166 g/mol. The van der Waals surface area contributed by atoms with Gasteiger partial charge in [-0.2, -0.15) is 0 Å². The maximum absolute atomic E-state index is 11.3. The first-order chi connectivity index (χ1) is 6.15. The maximum atomic E-state index is 11.3. The minimum atomic E-state index is -0.249. The van der Waals surface area contributed by atoms with Crippen LogP contribution in [0.25, 0.3) is 0 Å². The van der Waals surface area contributed by atoms with Crippen molar-refractivity contribution in [1.82, 2.24) is 4.90 Å². The standard InChI is InChI=1S/C10H17NO2/c1-4-8(2)10(12)13-9-6-5-7-11(9)3/h9H,2,4-7H2,1,3H3/t9-/m1/s1. The summed E-state index contributed by atoms with van der Waals surface area (Å²) in [6.07, 6.45) is 2.68. The predicted octanol–water partition coefficient (Wildman–Crippen LogP) is 1.55. The number of nitrogens with zero attached hydrogens (tertiary/aromatic N) is 1. The van der Waals surface area contributed by atoms with Crippen molar-refractivity contribution in [3.05, 3.63) is 12.2 Å². The van der Waals surface area contributed by atoms with Crippen LogP contribution < -0.4 is 0 Å². The molecular formula is C10H17NO2. The Morgan fingerprint density at radius 3 is 2.85 bits per heavy atom. The molecule has 0 unspecified atom stereocenters. The Kier molecular flexibility index (Phi) is 3.48. The molecule has 1 fully saturated rings. The first kappa shape index (κ1) is 10.3. The van der Waals surface area contributed by atoms with Gasteiger partial charge < -0.3 is 4.74 Å². The van der Waals surface area contributed by atoms with Crippen LogP contribution in [0.5, 0.6) is 0 Å². The summed E-state index contributed by atoms with van der Waals surface area (Å²) in [5.41, 5.74) is 0.556. The molecule has 0 amide bonds. The van der Waals surface area contributed by atoms with Gasteiger partial charge in [0.15, 0.2) is 6.23 Å². The fourth-order valence-corrected chi connectivity index (χ4v) is 1.38. The molecule has 13 heavy (non-hydrogen) atoms. The lowest BCUT2D eigenvalue weighted by atomic mass is 10.2. The van der Waals surface area contributed by atoms with Gasteiger partial charge in [0.25, 0.3) is 0 Å². The summed E-state index contributed by atoms with van der Waals surface area (Å²) in [6.45, 7) is 6.56. The summed E-state index contributed by atoms with van der Waals surface area (Å²) < 4.78 is 5.26. The number of carbonyl (C=O) groups excluding carboxylic acids is 1. The van der Waals surface area contributed by atoms with Gasteiger partial charge >= 0.3 is 5.97 Å². The van der Waals surface area contributed by atoms with E-state index in [1.54, 1.807) is 0 Å². The highest BCUT2D eigenvalue weighted by molar-refractivity contribution is 5.87. The topological polar surface area (TPSA) is 29.5 Å². The van der Waals surface area contributed by atoms with Crippen molar-refractivity contribution in [1.29, 1.82) is 0 Å². The Balaban J connectivity index is 2.39. The second-order valence-electron chi connectivity index (χ2n) is 3.44. The van der Waals surface area contributed by atoms with Crippen molar-refractivity contribution >= 4 is 5.97 Å². The van der Waals surface area contributed by atoms with Crippen LogP contribution in [0.2, 0.25) is 0 Å². The van der Waals surface area contributed by atoms with E-state index in [9.17, 15) is 4.79 Å². The van der Waals surface area contributed by atoms with E-state index < -0.39 is 0 Å². The average Bonchev–Trinajstić information content (AvgIpc) is 2.50. The molecule has 0 aromatic rings. The zero-order valence-electron chi connectivity index (χ0n) is 8.38. The molecule has 0 aromatic carbocycles. The monoisotopic (exact) mass is 183 g/mol. The Bertz CT molecular complexity index is 213. The molecule has 0 saturated carbocycles. The highest BCUT2D eigenvalue weighted by Crippen LogP contribution is 2.17. The van der Waals surface area contributed by atoms with Crippen LogP contribution in [0.4, 0.5) is 0 Å². The predicted molar refractivity (Wildman–Crippen MR) is 51.2 cm³/mol. The van der Waals surface area contributed by atoms with Crippen LogP contribution in [0.1, 0.15) is 26.2 Å². The molecule has 0 radical (unpaired) electrons. The summed E-state index contributed by atoms with van der Waals surface area (Å²) in [7, 11) is 1.97. The largest absolute Gasteiger partial charge is 0.443 e.